The van der Waals surface area contributed by atoms with Gasteiger partial charge in [0.2, 0.25) is 0 Å². The minimum absolute atomic E-state index is 0.00904. The molecular weight excluding hydrogens is 317 g/mol. The molecule has 2 nitrogen and oxygen atoms in total. The van der Waals surface area contributed by atoms with Gasteiger partial charge in [-0.15, -0.1) is 0 Å². The molecule has 8 heteroatoms. The first-order valence-corrected chi connectivity index (χ1v) is 5.07. The van der Waals surface area contributed by atoms with Gasteiger partial charge in [0, 0.05) is 0 Å². The van der Waals surface area contributed by atoms with Crippen LogP contribution in [0.1, 0.15) is 0 Å². The molecule has 1 aromatic rings. The molecule has 0 radical (unpaired) electrons. The highest BCUT2D eigenvalue weighted by Gasteiger charge is 2.17. The van der Waals surface area contributed by atoms with Crippen molar-refractivity contribution >= 4 is 69.9 Å². The largest absolute Gasteiger partial charge is 0.505 e. The van der Waals surface area contributed by atoms with Crippen LogP contribution in [-0.2, 0) is 0 Å². The summed E-state index contributed by atoms with van der Waals surface area (Å²) in [6.45, 7) is 0. The van der Waals surface area contributed by atoms with Gasteiger partial charge in [0.25, 0.3) is 0 Å². The fourth-order valence-corrected chi connectivity index (χ4v) is 1.72. The third-order valence-electron chi connectivity index (χ3n) is 1.19. The van der Waals surface area contributed by atoms with Gasteiger partial charge in [-0.05, 0) is 0 Å². The summed E-state index contributed by atoms with van der Waals surface area (Å²) in [6, 6.07) is 0. The van der Waals surface area contributed by atoms with Gasteiger partial charge in [0.1, 0.15) is 10.0 Å². The number of aromatic hydroxyl groups is 1. The maximum Gasteiger partial charge on any atom is 0.155 e. The molecule has 0 unspecified atom stereocenters. The Morgan fingerprint density at radius 1 is 0.571 bits per heavy atom. The van der Waals surface area contributed by atoms with Crippen molar-refractivity contribution in [3.63, 3.8) is 0 Å². The molecule has 0 aliphatic heterocycles. The van der Waals surface area contributed by atoms with E-state index in [2.05, 4.69) is 11.9 Å². The average Bonchev–Trinajstić information content (AvgIpc) is 2.24. The lowest BCUT2D eigenvalue weighted by molar-refractivity contribution is 0.476. The fraction of sp³-hybridized carbons (Fsp3) is 0. The van der Waals surface area contributed by atoms with Crippen LogP contribution < -0.4 is 0 Å². The molecule has 0 atom stereocenters. The predicted molar refractivity (Wildman–Crippen MR) is 61.2 cm³/mol. The quantitative estimate of drug-likeness (QED) is 0.533. The van der Waals surface area contributed by atoms with Crippen molar-refractivity contribution in [3.05, 3.63) is 25.1 Å². The summed E-state index contributed by atoms with van der Waals surface area (Å²) in [6.07, 6.45) is 0. The van der Waals surface area contributed by atoms with Crippen molar-refractivity contribution in [2.45, 2.75) is 0 Å². The van der Waals surface area contributed by atoms with Crippen LogP contribution in [0.4, 0.5) is 0 Å². The summed E-state index contributed by atoms with van der Waals surface area (Å²) in [7, 11) is 0. The Bertz CT molecular complexity index is 235. The normalized spacial score (nSPS) is 9.36. The lowest BCUT2D eigenvalue weighted by atomic mass is 10.3. The Kier molecular flexibility index (Phi) is 6.66. The summed E-state index contributed by atoms with van der Waals surface area (Å²) in [5.74, 6) is -0.363. The van der Waals surface area contributed by atoms with E-state index in [0.29, 0.717) is 0 Å². The number of hydrogen-bond acceptors (Lipinski definition) is 2. The lowest BCUT2D eigenvalue weighted by Gasteiger charge is -2.06. The molecule has 0 aliphatic rings. The number of rotatable bonds is 0. The van der Waals surface area contributed by atoms with E-state index in [9.17, 15) is 5.11 Å². The number of phenolic OH excluding ortho intramolecular Hbond substituents is 1. The minimum atomic E-state index is -0.363. The number of phenols is 1. The highest BCUT2D eigenvalue weighted by atomic mass is 35.5. The van der Waals surface area contributed by atoms with Gasteiger partial charge >= 0.3 is 0 Å². The van der Waals surface area contributed by atoms with E-state index in [1.54, 1.807) is 0 Å². The van der Waals surface area contributed by atoms with Crippen molar-refractivity contribution in [2.24, 2.45) is 0 Å². The second-order valence-electron chi connectivity index (χ2n) is 1.92. The van der Waals surface area contributed by atoms with E-state index in [-0.39, 0.29) is 30.9 Å². The second kappa shape index (κ2) is 6.33. The molecule has 0 spiro atoms. The highest BCUT2D eigenvalue weighted by molar-refractivity contribution is 6.55. The van der Waals surface area contributed by atoms with Gasteiger partial charge in [-0.3, -0.25) is 4.66 Å². The highest BCUT2D eigenvalue weighted by Crippen LogP contribution is 2.47. The number of benzene rings is 1. The maximum absolute atomic E-state index is 9.20. The topological polar surface area (TPSA) is 40.5 Å². The van der Waals surface area contributed by atoms with Crippen LogP contribution in [-0.4, -0.2) is 9.77 Å². The van der Waals surface area contributed by atoms with Crippen molar-refractivity contribution in [3.8, 4) is 5.75 Å². The van der Waals surface area contributed by atoms with Gasteiger partial charge in [-0.2, -0.15) is 0 Å². The van der Waals surface area contributed by atoms with E-state index in [4.69, 9.17) is 62.7 Å². The van der Waals surface area contributed by atoms with Gasteiger partial charge in [-0.1, -0.05) is 58.0 Å². The molecule has 0 heterocycles. The third-order valence-corrected chi connectivity index (χ3v) is 3.44. The summed E-state index contributed by atoms with van der Waals surface area (Å²) in [5, 5.41) is 9.01. The smallest absolute Gasteiger partial charge is 0.155 e. The van der Waals surface area contributed by atoms with Crippen LogP contribution in [0, 0.1) is 0 Å². The molecule has 80 valence electrons. The van der Waals surface area contributed by atoms with Crippen LogP contribution in [0.2, 0.25) is 25.1 Å². The summed E-state index contributed by atoms with van der Waals surface area (Å²) in [5.41, 5.74) is 0. The zero-order valence-electron chi connectivity index (χ0n) is 6.16. The van der Waals surface area contributed by atoms with E-state index in [1.165, 1.54) is 0 Å². The zero-order valence-corrected chi connectivity index (χ0v) is 10.7. The molecular formula is C6H2Cl6O2. The standard InChI is InChI=1S/C6HCl5O.ClHO/c7-1-2(8)4(10)6(12)5(11)3(1)9;1-2/h12H;2H. The van der Waals surface area contributed by atoms with E-state index in [0.717, 1.165) is 0 Å². The second-order valence-corrected chi connectivity index (χ2v) is 3.81. The van der Waals surface area contributed by atoms with E-state index in [1.807, 2.05) is 0 Å². The molecule has 0 saturated carbocycles. The lowest BCUT2D eigenvalue weighted by Crippen LogP contribution is -1.78. The molecule has 0 fully saturated rings. The first-order chi connectivity index (χ1) is 6.46. The molecule has 2 N–H and O–H groups in total. The Hall–Kier alpha value is 0.720. The van der Waals surface area contributed by atoms with Crippen molar-refractivity contribution in [2.75, 3.05) is 0 Å². The van der Waals surface area contributed by atoms with Crippen molar-refractivity contribution in [1.29, 1.82) is 0 Å². The number of hydrogen-bond donors (Lipinski definition) is 2. The maximum atomic E-state index is 9.20. The Balaban J connectivity index is 0.000000791. The SMILES string of the molecule is OCl.Oc1c(Cl)c(Cl)c(Cl)c(Cl)c1Cl. The summed E-state index contributed by atoms with van der Waals surface area (Å²) >= 11 is 31.5. The molecule has 0 aromatic heterocycles. The van der Waals surface area contributed by atoms with E-state index >= 15 is 0 Å². The van der Waals surface area contributed by atoms with Crippen LogP contribution in [0.15, 0.2) is 0 Å². The Labute approximate surface area is 110 Å². The van der Waals surface area contributed by atoms with E-state index < -0.39 is 0 Å². The molecule has 0 bridgehead atoms. The van der Waals surface area contributed by atoms with Gasteiger partial charge < -0.3 is 5.11 Å². The predicted octanol–water partition coefficient (Wildman–Crippen LogP) is 4.79. The van der Waals surface area contributed by atoms with Gasteiger partial charge in [0.05, 0.1) is 26.9 Å². The molecule has 0 amide bonds. The first-order valence-electron chi connectivity index (χ1n) is 2.84. The Morgan fingerprint density at radius 3 is 1.07 bits per heavy atom. The molecule has 0 saturated heterocycles. The van der Waals surface area contributed by atoms with Crippen LogP contribution >= 0.6 is 69.9 Å². The van der Waals surface area contributed by atoms with Gasteiger partial charge in [-0.25, -0.2) is 0 Å². The van der Waals surface area contributed by atoms with Crippen LogP contribution in [0.3, 0.4) is 0 Å². The van der Waals surface area contributed by atoms with Crippen LogP contribution in [0.25, 0.3) is 0 Å². The summed E-state index contributed by atoms with van der Waals surface area (Å²) in [4.78, 5) is 0. The minimum Gasteiger partial charge on any atom is -0.505 e. The molecule has 0 aliphatic carbocycles. The van der Waals surface area contributed by atoms with Gasteiger partial charge in [0.15, 0.2) is 5.75 Å². The van der Waals surface area contributed by atoms with Crippen molar-refractivity contribution < 1.29 is 9.77 Å². The zero-order chi connectivity index (χ0) is 11.5. The Morgan fingerprint density at radius 2 is 0.786 bits per heavy atom. The monoisotopic (exact) mass is 316 g/mol. The molecule has 1 aromatic carbocycles. The average molecular weight is 319 g/mol. The van der Waals surface area contributed by atoms with Crippen LogP contribution in [0.5, 0.6) is 5.75 Å². The molecule has 14 heavy (non-hydrogen) atoms. The number of halogens is 6. The third kappa shape index (κ3) is 2.86. The van der Waals surface area contributed by atoms with Crippen molar-refractivity contribution in [1.82, 2.24) is 0 Å². The molecule has 1 rings (SSSR count). The first kappa shape index (κ1) is 14.7. The summed E-state index contributed by atoms with van der Waals surface area (Å²) < 4.78 is 6.47. The fourth-order valence-electron chi connectivity index (χ4n) is 0.593.